The van der Waals surface area contributed by atoms with Crippen molar-refractivity contribution in [1.29, 1.82) is 0 Å². The molecule has 0 saturated heterocycles. The highest BCUT2D eigenvalue weighted by atomic mass is 32.1. The molecular weight excluding hydrogens is 224 g/mol. The van der Waals surface area contributed by atoms with Gasteiger partial charge in [-0.05, 0) is 23.6 Å². The van der Waals surface area contributed by atoms with Crippen molar-refractivity contribution in [2.75, 3.05) is 5.32 Å². The molecule has 2 rings (SSSR count). The smallest absolute Gasteiger partial charge is 0.247 e. The van der Waals surface area contributed by atoms with Crippen molar-refractivity contribution in [1.82, 2.24) is 10.2 Å². The van der Waals surface area contributed by atoms with Gasteiger partial charge in [0.1, 0.15) is 6.04 Å². The molecule has 0 saturated carbocycles. The number of nitrogens with two attached hydrogens (primary N) is 1. The summed E-state index contributed by atoms with van der Waals surface area (Å²) in [5.41, 5.74) is 5.78. The Morgan fingerprint density at radius 2 is 2.31 bits per heavy atom. The standard InChI is InChI=1S/C10H10N4OS/c11-9(7-3-2-6-16-7)10(15)13-8-4-1-5-12-14-8/h1-6,9H,11H2,(H,13,14,15). The second-order valence-electron chi connectivity index (χ2n) is 3.09. The maximum absolute atomic E-state index is 11.7. The molecule has 2 aromatic heterocycles. The lowest BCUT2D eigenvalue weighted by Crippen LogP contribution is -2.27. The first kappa shape index (κ1) is 10.7. The summed E-state index contributed by atoms with van der Waals surface area (Å²) in [5, 5.41) is 11.9. The van der Waals surface area contributed by atoms with Crippen LogP contribution in [0.25, 0.3) is 0 Å². The number of hydrogen-bond acceptors (Lipinski definition) is 5. The molecule has 1 atom stereocenters. The SMILES string of the molecule is NC(C(=O)Nc1cccnn1)c1cccs1. The molecule has 0 aliphatic heterocycles. The molecular formula is C10H10N4OS. The van der Waals surface area contributed by atoms with Crippen LogP contribution in [0.4, 0.5) is 5.82 Å². The summed E-state index contributed by atoms with van der Waals surface area (Å²) in [6.07, 6.45) is 1.54. The highest BCUT2D eigenvalue weighted by Crippen LogP contribution is 2.17. The maximum atomic E-state index is 11.7. The van der Waals surface area contributed by atoms with Gasteiger partial charge in [-0.2, -0.15) is 5.10 Å². The van der Waals surface area contributed by atoms with Gasteiger partial charge in [-0.25, -0.2) is 0 Å². The van der Waals surface area contributed by atoms with Crippen molar-refractivity contribution in [3.05, 3.63) is 40.7 Å². The molecule has 0 spiro atoms. The quantitative estimate of drug-likeness (QED) is 0.835. The Hall–Kier alpha value is -1.79. The maximum Gasteiger partial charge on any atom is 0.247 e. The zero-order valence-corrected chi connectivity index (χ0v) is 9.15. The van der Waals surface area contributed by atoms with Crippen molar-refractivity contribution in [2.45, 2.75) is 6.04 Å². The predicted molar refractivity (Wildman–Crippen MR) is 61.9 cm³/mol. The van der Waals surface area contributed by atoms with E-state index in [-0.39, 0.29) is 5.91 Å². The third-order valence-electron chi connectivity index (χ3n) is 1.96. The fourth-order valence-electron chi connectivity index (χ4n) is 1.17. The van der Waals surface area contributed by atoms with Crippen LogP contribution in [0.3, 0.4) is 0 Å². The molecule has 5 nitrogen and oxygen atoms in total. The highest BCUT2D eigenvalue weighted by Gasteiger charge is 2.16. The Labute approximate surface area is 96.3 Å². The largest absolute Gasteiger partial charge is 0.316 e. The Morgan fingerprint density at radius 3 is 2.94 bits per heavy atom. The van der Waals surface area contributed by atoms with Crippen molar-refractivity contribution in [3.8, 4) is 0 Å². The zero-order chi connectivity index (χ0) is 11.4. The molecule has 0 fully saturated rings. The molecule has 0 aromatic carbocycles. The third kappa shape index (κ3) is 2.41. The van der Waals surface area contributed by atoms with E-state index in [0.717, 1.165) is 4.88 Å². The third-order valence-corrected chi connectivity index (χ3v) is 2.91. The van der Waals surface area contributed by atoms with Crippen LogP contribution in [0.1, 0.15) is 10.9 Å². The van der Waals surface area contributed by atoms with Gasteiger partial charge in [0.15, 0.2) is 5.82 Å². The van der Waals surface area contributed by atoms with Gasteiger partial charge in [0, 0.05) is 11.1 Å². The number of carbonyl (C=O) groups is 1. The van der Waals surface area contributed by atoms with Gasteiger partial charge in [-0.3, -0.25) is 4.79 Å². The van der Waals surface area contributed by atoms with Crippen LogP contribution < -0.4 is 11.1 Å². The van der Waals surface area contributed by atoms with E-state index in [2.05, 4.69) is 15.5 Å². The van der Waals surface area contributed by atoms with Crippen LogP contribution in [0, 0.1) is 0 Å². The van der Waals surface area contributed by atoms with Crippen LogP contribution in [0.15, 0.2) is 35.8 Å². The summed E-state index contributed by atoms with van der Waals surface area (Å²) in [6.45, 7) is 0. The van der Waals surface area contributed by atoms with Crippen LogP contribution >= 0.6 is 11.3 Å². The minimum Gasteiger partial charge on any atom is -0.316 e. The summed E-state index contributed by atoms with van der Waals surface area (Å²) < 4.78 is 0. The van der Waals surface area contributed by atoms with Gasteiger partial charge in [0.05, 0.1) is 0 Å². The van der Waals surface area contributed by atoms with Crippen molar-refractivity contribution in [3.63, 3.8) is 0 Å². The number of amides is 1. The van der Waals surface area contributed by atoms with Gasteiger partial charge >= 0.3 is 0 Å². The second-order valence-corrected chi connectivity index (χ2v) is 4.07. The Balaban J connectivity index is 2.04. The minimum absolute atomic E-state index is 0.289. The average molecular weight is 234 g/mol. The Morgan fingerprint density at radius 1 is 1.44 bits per heavy atom. The molecule has 0 aliphatic carbocycles. The first-order chi connectivity index (χ1) is 7.77. The lowest BCUT2D eigenvalue weighted by molar-refractivity contribution is -0.117. The summed E-state index contributed by atoms with van der Waals surface area (Å²) in [6, 6.07) is 6.37. The van der Waals surface area contributed by atoms with E-state index < -0.39 is 6.04 Å². The van der Waals surface area contributed by atoms with Crippen LogP contribution in [0.5, 0.6) is 0 Å². The molecule has 3 N–H and O–H groups in total. The van der Waals surface area contributed by atoms with Crippen LogP contribution in [-0.2, 0) is 4.79 Å². The normalized spacial score (nSPS) is 12.1. The van der Waals surface area contributed by atoms with Gasteiger partial charge in [0.2, 0.25) is 5.91 Å². The average Bonchev–Trinajstić information content (AvgIpc) is 2.83. The van der Waals surface area contributed by atoms with Gasteiger partial charge in [-0.15, -0.1) is 16.4 Å². The molecule has 0 radical (unpaired) electrons. The van der Waals surface area contributed by atoms with Crippen molar-refractivity contribution in [2.24, 2.45) is 5.73 Å². The number of nitrogens with one attached hydrogen (secondary N) is 1. The molecule has 1 unspecified atom stereocenters. The molecule has 6 heteroatoms. The lowest BCUT2D eigenvalue weighted by atomic mass is 10.2. The number of hydrogen-bond donors (Lipinski definition) is 2. The van der Waals surface area contributed by atoms with E-state index in [0.29, 0.717) is 5.82 Å². The van der Waals surface area contributed by atoms with E-state index >= 15 is 0 Å². The summed E-state index contributed by atoms with van der Waals surface area (Å²) in [7, 11) is 0. The Kier molecular flexibility index (Phi) is 3.23. The van der Waals surface area contributed by atoms with Crippen LogP contribution in [-0.4, -0.2) is 16.1 Å². The minimum atomic E-state index is -0.665. The topological polar surface area (TPSA) is 80.9 Å². The molecule has 82 valence electrons. The summed E-state index contributed by atoms with van der Waals surface area (Å²) in [4.78, 5) is 12.5. The molecule has 0 aliphatic rings. The van der Waals surface area contributed by atoms with Crippen molar-refractivity contribution < 1.29 is 4.79 Å². The van der Waals surface area contributed by atoms with E-state index in [9.17, 15) is 4.79 Å². The first-order valence-corrected chi connectivity index (χ1v) is 5.53. The number of aromatic nitrogens is 2. The van der Waals surface area contributed by atoms with Gasteiger partial charge in [-0.1, -0.05) is 6.07 Å². The fraction of sp³-hybridized carbons (Fsp3) is 0.100. The van der Waals surface area contributed by atoms with Crippen molar-refractivity contribution >= 4 is 23.1 Å². The fourth-order valence-corrected chi connectivity index (χ4v) is 1.89. The monoisotopic (exact) mass is 234 g/mol. The van der Waals surface area contributed by atoms with E-state index in [4.69, 9.17) is 5.73 Å². The first-order valence-electron chi connectivity index (χ1n) is 4.65. The van der Waals surface area contributed by atoms with E-state index in [1.807, 2.05) is 17.5 Å². The van der Waals surface area contributed by atoms with Gasteiger partial charge < -0.3 is 11.1 Å². The predicted octanol–water partition coefficient (Wildman–Crippen LogP) is 1.18. The Bertz CT molecular complexity index is 457. The second kappa shape index (κ2) is 4.82. The number of nitrogens with zero attached hydrogens (tertiary/aromatic N) is 2. The number of rotatable bonds is 3. The number of anilines is 1. The number of thiophene rings is 1. The summed E-state index contributed by atoms with van der Waals surface area (Å²) >= 11 is 1.45. The summed E-state index contributed by atoms with van der Waals surface area (Å²) in [5.74, 6) is 0.113. The zero-order valence-electron chi connectivity index (χ0n) is 8.33. The molecule has 2 heterocycles. The lowest BCUT2D eigenvalue weighted by Gasteiger charge is -2.09. The number of carbonyl (C=O) groups excluding carboxylic acids is 1. The molecule has 0 bridgehead atoms. The van der Waals surface area contributed by atoms with Crippen LogP contribution in [0.2, 0.25) is 0 Å². The molecule has 1 amide bonds. The van der Waals surface area contributed by atoms with Gasteiger partial charge in [0.25, 0.3) is 0 Å². The molecule has 2 aromatic rings. The van der Waals surface area contributed by atoms with E-state index in [1.54, 1.807) is 12.1 Å². The highest BCUT2D eigenvalue weighted by molar-refractivity contribution is 7.10. The van der Waals surface area contributed by atoms with E-state index in [1.165, 1.54) is 17.5 Å². The molecule has 16 heavy (non-hydrogen) atoms.